The Morgan fingerprint density at radius 3 is 2.80 bits per heavy atom. The zero-order valence-electron chi connectivity index (χ0n) is 11.0. The highest BCUT2D eigenvalue weighted by atomic mass is 32.2. The van der Waals surface area contributed by atoms with Crippen LogP contribution < -0.4 is 0 Å². The molecule has 1 heterocycles. The highest BCUT2D eigenvalue weighted by Gasteiger charge is 2.38. The molecule has 0 aromatic heterocycles. The maximum absolute atomic E-state index is 13.0. The number of sulfonamides is 1. The number of hydrogen-bond donors (Lipinski definition) is 1. The molecule has 0 bridgehead atoms. The second-order valence-corrected chi connectivity index (χ2v) is 6.86. The molecule has 1 saturated heterocycles. The van der Waals surface area contributed by atoms with Gasteiger partial charge in [-0.3, -0.25) is 4.79 Å². The first-order valence-electron chi connectivity index (χ1n) is 6.28. The third-order valence-corrected chi connectivity index (χ3v) is 5.32. The lowest BCUT2D eigenvalue weighted by molar-refractivity contribution is -0.140. The van der Waals surface area contributed by atoms with E-state index in [4.69, 9.17) is 5.11 Å². The van der Waals surface area contributed by atoms with Crippen molar-refractivity contribution >= 4 is 16.0 Å². The van der Waals surface area contributed by atoms with Gasteiger partial charge in [0.2, 0.25) is 10.0 Å². The third-order valence-electron chi connectivity index (χ3n) is 3.49. The molecular weight excluding hydrogens is 285 g/mol. The topological polar surface area (TPSA) is 74.7 Å². The monoisotopic (exact) mass is 301 g/mol. The fourth-order valence-corrected chi connectivity index (χ4v) is 4.29. The van der Waals surface area contributed by atoms with Crippen molar-refractivity contribution in [1.82, 2.24) is 4.31 Å². The van der Waals surface area contributed by atoms with Crippen molar-refractivity contribution in [1.29, 1.82) is 0 Å². The van der Waals surface area contributed by atoms with Crippen molar-refractivity contribution in [2.75, 3.05) is 6.54 Å². The van der Waals surface area contributed by atoms with Crippen LogP contribution in [0.1, 0.15) is 24.0 Å². The molecule has 0 spiro atoms. The number of aryl methyl sites for hydroxylation is 1. The molecule has 20 heavy (non-hydrogen) atoms. The summed E-state index contributed by atoms with van der Waals surface area (Å²) in [5, 5.41) is 9.05. The summed E-state index contributed by atoms with van der Waals surface area (Å²) in [5.41, 5.74) is 1.03. The molecule has 0 unspecified atom stereocenters. The largest absolute Gasteiger partial charge is 0.480 e. The Morgan fingerprint density at radius 2 is 2.20 bits per heavy atom. The summed E-state index contributed by atoms with van der Waals surface area (Å²) in [6.07, 6.45) is 0.871. The molecule has 7 heteroatoms. The average molecular weight is 301 g/mol. The Hall–Kier alpha value is -1.47. The van der Waals surface area contributed by atoms with Gasteiger partial charge < -0.3 is 5.11 Å². The minimum absolute atomic E-state index is 0.222. The Bertz CT molecular complexity index is 629. The van der Waals surface area contributed by atoms with Gasteiger partial charge in [0.25, 0.3) is 0 Å². The van der Waals surface area contributed by atoms with Gasteiger partial charge in [0.05, 0.1) is 5.75 Å². The van der Waals surface area contributed by atoms with Gasteiger partial charge in [-0.15, -0.1) is 0 Å². The van der Waals surface area contributed by atoms with E-state index in [0.29, 0.717) is 24.0 Å². The van der Waals surface area contributed by atoms with Crippen LogP contribution in [-0.4, -0.2) is 36.4 Å². The summed E-state index contributed by atoms with van der Waals surface area (Å²) in [6.45, 7) is 1.85. The van der Waals surface area contributed by atoms with E-state index in [1.807, 2.05) is 0 Å². The molecule has 5 nitrogen and oxygen atoms in total. The maximum Gasteiger partial charge on any atom is 0.322 e. The number of halogens is 1. The van der Waals surface area contributed by atoms with Crippen molar-refractivity contribution in [2.45, 2.75) is 31.6 Å². The van der Waals surface area contributed by atoms with Crippen LogP contribution in [0.3, 0.4) is 0 Å². The third kappa shape index (κ3) is 2.99. The van der Waals surface area contributed by atoms with Crippen molar-refractivity contribution < 1.29 is 22.7 Å². The van der Waals surface area contributed by atoms with Crippen LogP contribution in [0.4, 0.5) is 4.39 Å². The van der Waals surface area contributed by atoms with E-state index in [-0.39, 0.29) is 12.3 Å². The molecule has 0 radical (unpaired) electrons. The molecule has 1 aliphatic rings. The molecule has 110 valence electrons. The molecule has 0 aliphatic carbocycles. The summed E-state index contributed by atoms with van der Waals surface area (Å²) in [5.74, 6) is -1.85. The minimum Gasteiger partial charge on any atom is -0.480 e. The van der Waals surface area contributed by atoms with Gasteiger partial charge in [0, 0.05) is 6.54 Å². The summed E-state index contributed by atoms with van der Waals surface area (Å²) in [4.78, 5) is 11.1. The lowest BCUT2D eigenvalue weighted by atomic mass is 10.1. The molecule has 1 atom stereocenters. The predicted octanol–water partition coefficient (Wildman–Crippen LogP) is 1.51. The van der Waals surface area contributed by atoms with Crippen LogP contribution in [0.5, 0.6) is 0 Å². The Morgan fingerprint density at radius 1 is 1.50 bits per heavy atom. The first-order chi connectivity index (χ1) is 9.31. The summed E-state index contributed by atoms with van der Waals surface area (Å²) < 4.78 is 38.7. The van der Waals surface area contributed by atoms with Gasteiger partial charge in [-0.25, -0.2) is 12.8 Å². The van der Waals surface area contributed by atoms with Crippen LogP contribution >= 0.6 is 0 Å². The average Bonchev–Trinajstić information content (AvgIpc) is 2.82. The standard InChI is InChI=1S/C13H16FNO4S/c1-9-7-11(14)5-4-10(9)8-20(18,19)15-6-2-3-12(15)13(16)17/h4-5,7,12H,2-3,6,8H2,1H3,(H,16,17)/t12-/m0/s1. The number of hydrogen-bond acceptors (Lipinski definition) is 3. The van der Waals surface area contributed by atoms with E-state index in [1.54, 1.807) is 6.92 Å². The van der Waals surface area contributed by atoms with Crippen LogP contribution in [0.2, 0.25) is 0 Å². The van der Waals surface area contributed by atoms with Crippen LogP contribution in [0.15, 0.2) is 18.2 Å². The number of aliphatic carboxylic acids is 1. The fourth-order valence-electron chi connectivity index (χ4n) is 2.42. The Kier molecular flexibility index (Phi) is 4.10. The summed E-state index contributed by atoms with van der Waals surface area (Å²) in [6, 6.07) is 2.91. The Labute approximate surface area is 117 Å². The number of carboxylic acid groups (broad SMARTS) is 1. The second kappa shape index (κ2) is 5.49. The van der Waals surface area contributed by atoms with Crippen LogP contribution in [0.25, 0.3) is 0 Å². The first-order valence-corrected chi connectivity index (χ1v) is 7.89. The van der Waals surface area contributed by atoms with Gasteiger partial charge in [0.1, 0.15) is 11.9 Å². The number of benzene rings is 1. The second-order valence-electron chi connectivity index (χ2n) is 4.93. The normalized spacial score (nSPS) is 20.2. The fraction of sp³-hybridized carbons (Fsp3) is 0.462. The van der Waals surface area contributed by atoms with Gasteiger partial charge in [-0.1, -0.05) is 6.07 Å². The molecule has 2 rings (SSSR count). The minimum atomic E-state index is -3.71. The van der Waals surface area contributed by atoms with Crippen molar-refractivity contribution in [3.05, 3.63) is 35.1 Å². The molecule has 0 saturated carbocycles. The van der Waals surface area contributed by atoms with Crippen LogP contribution in [0, 0.1) is 12.7 Å². The highest BCUT2D eigenvalue weighted by Crippen LogP contribution is 2.24. The smallest absolute Gasteiger partial charge is 0.322 e. The number of carboxylic acids is 1. The van der Waals surface area contributed by atoms with Gasteiger partial charge >= 0.3 is 5.97 Å². The Balaban J connectivity index is 2.25. The molecular formula is C13H16FNO4S. The lowest BCUT2D eigenvalue weighted by Crippen LogP contribution is -2.41. The lowest BCUT2D eigenvalue weighted by Gasteiger charge is -2.21. The SMILES string of the molecule is Cc1cc(F)ccc1CS(=O)(=O)N1CCC[C@H]1C(=O)O. The van der Waals surface area contributed by atoms with E-state index in [0.717, 1.165) is 4.31 Å². The predicted molar refractivity (Wildman–Crippen MR) is 71.1 cm³/mol. The van der Waals surface area contributed by atoms with E-state index < -0.39 is 27.9 Å². The van der Waals surface area contributed by atoms with Crippen molar-refractivity contribution in [3.8, 4) is 0 Å². The van der Waals surface area contributed by atoms with E-state index >= 15 is 0 Å². The molecule has 1 aromatic carbocycles. The van der Waals surface area contributed by atoms with E-state index in [9.17, 15) is 17.6 Å². The highest BCUT2D eigenvalue weighted by molar-refractivity contribution is 7.88. The van der Waals surface area contributed by atoms with Crippen molar-refractivity contribution in [3.63, 3.8) is 0 Å². The van der Waals surface area contributed by atoms with E-state index in [1.165, 1.54) is 18.2 Å². The number of nitrogens with zero attached hydrogens (tertiary/aromatic N) is 1. The van der Waals surface area contributed by atoms with Crippen LogP contribution in [-0.2, 0) is 20.6 Å². The molecule has 0 amide bonds. The zero-order chi connectivity index (χ0) is 14.9. The van der Waals surface area contributed by atoms with Gasteiger partial charge in [0.15, 0.2) is 0 Å². The maximum atomic E-state index is 13.0. The summed E-state index contributed by atoms with van der Waals surface area (Å²) in [7, 11) is -3.71. The quantitative estimate of drug-likeness (QED) is 0.915. The first kappa shape index (κ1) is 14.9. The number of carbonyl (C=O) groups is 1. The van der Waals surface area contributed by atoms with Crippen molar-refractivity contribution in [2.24, 2.45) is 0 Å². The molecule has 1 aliphatic heterocycles. The zero-order valence-corrected chi connectivity index (χ0v) is 11.9. The molecule has 1 fully saturated rings. The summed E-state index contributed by atoms with van der Waals surface area (Å²) >= 11 is 0. The number of rotatable bonds is 4. The molecule has 1 N–H and O–H groups in total. The molecule has 1 aromatic rings. The van der Waals surface area contributed by atoms with Gasteiger partial charge in [-0.05, 0) is 43.0 Å². The van der Waals surface area contributed by atoms with Gasteiger partial charge in [-0.2, -0.15) is 4.31 Å². The van der Waals surface area contributed by atoms with E-state index in [2.05, 4.69) is 0 Å².